The van der Waals surface area contributed by atoms with Gasteiger partial charge in [0.2, 0.25) is 0 Å². The standard InChI is InChI=1S/C14H13Br2N3O2/c1-19-12(7-11(15)13(19)16)14(20)18-17-8-9-3-5-10(21-2)6-4-9/h3-8H,1-2H3,(H,18,20)/b17-8+. The number of ether oxygens (including phenoxy) is 1. The van der Waals surface area contributed by atoms with Crippen LogP contribution in [-0.2, 0) is 7.05 Å². The summed E-state index contributed by atoms with van der Waals surface area (Å²) < 4.78 is 8.41. The van der Waals surface area contributed by atoms with Crippen LogP contribution in [0.5, 0.6) is 5.75 Å². The first-order valence-electron chi connectivity index (χ1n) is 6.01. The Morgan fingerprint density at radius 2 is 2.00 bits per heavy atom. The van der Waals surface area contributed by atoms with Crippen molar-refractivity contribution < 1.29 is 9.53 Å². The van der Waals surface area contributed by atoms with Gasteiger partial charge in [-0.3, -0.25) is 4.79 Å². The van der Waals surface area contributed by atoms with E-state index in [4.69, 9.17) is 4.74 Å². The van der Waals surface area contributed by atoms with Crippen molar-refractivity contribution in [3.05, 3.63) is 50.7 Å². The molecule has 1 aromatic heterocycles. The number of nitrogens with one attached hydrogen (secondary N) is 1. The summed E-state index contributed by atoms with van der Waals surface area (Å²) in [7, 11) is 3.40. The molecule has 0 aliphatic rings. The van der Waals surface area contributed by atoms with Gasteiger partial charge < -0.3 is 9.30 Å². The first kappa shape index (κ1) is 15.8. The second-order valence-electron chi connectivity index (χ2n) is 4.20. The van der Waals surface area contributed by atoms with Gasteiger partial charge in [-0.25, -0.2) is 5.43 Å². The van der Waals surface area contributed by atoms with Gasteiger partial charge >= 0.3 is 0 Å². The average molecular weight is 415 g/mol. The lowest BCUT2D eigenvalue weighted by Crippen LogP contribution is -2.20. The maximum absolute atomic E-state index is 12.0. The molecule has 1 amide bonds. The summed E-state index contributed by atoms with van der Waals surface area (Å²) >= 11 is 6.73. The predicted molar refractivity (Wildman–Crippen MR) is 88.9 cm³/mol. The Morgan fingerprint density at radius 3 is 2.52 bits per heavy atom. The molecule has 0 saturated heterocycles. The van der Waals surface area contributed by atoms with Crippen LogP contribution in [0.3, 0.4) is 0 Å². The maximum atomic E-state index is 12.0. The number of methoxy groups -OCH3 is 1. The molecule has 0 aliphatic heterocycles. The minimum absolute atomic E-state index is 0.284. The van der Waals surface area contributed by atoms with Crippen LogP contribution in [0.2, 0.25) is 0 Å². The molecular weight excluding hydrogens is 402 g/mol. The first-order valence-corrected chi connectivity index (χ1v) is 7.59. The number of nitrogens with zero attached hydrogens (tertiary/aromatic N) is 2. The van der Waals surface area contributed by atoms with Crippen LogP contribution < -0.4 is 10.2 Å². The van der Waals surface area contributed by atoms with Crippen LogP contribution in [-0.4, -0.2) is 23.8 Å². The number of carbonyl (C=O) groups is 1. The Morgan fingerprint density at radius 1 is 1.33 bits per heavy atom. The molecule has 0 atom stereocenters. The molecule has 110 valence electrons. The molecule has 0 spiro atoms. The lowest BCUT2D eigenvalue weighted by Gasteiger charge is -2.02. The van der Waals surface area contributed by atoms with Crippen molar-refractivity contribution in [3.63, 3.8) is 0 Å². The van der Waals surface area contributed by atoms with Crippen LogP contribution in [0.15, 0.2) is 44.5 Å². The Kier molecular flexibility index (Phi) is 5.19. The van der Waals surface area contributed by atoms with Gasteiger partial charge in [0.05, 0.1) is 22.4 Å². The highest BCUT2D eigenvalue weighted by atomic mass is 79.9. The van der Waals surface area contributed by atoms with E-state index in [1.54, 1.807) is 31.0 Å². The lowest BCUT2D eigenvalue weighted by molar-refractivity contribution is 0.0947. The van der Waals surface area contributed by atoms with Crippen molar-refractivity contribution >= 4 is 44.0 Å². The van der Waals surface area contributed by atoms with Gasteiger partial charge in [-0.15, -0.1) is 0 Å². The fraction of sp³-hybridized carbons (Fsp3) is 0.143. The second kappa shape index (κ2) is 6.91. The zero-order chi connectivity index (χ0) is 15.4. The molecule has 1 N–H and O–H groups in total. The van der Waals surface area contributed by atoms with E-state index in [-0.39, 0.29) is 5.91 Å². The number of rotatable bonds is 4. The van der Waals surface area contributed by atoms with Crippen LogP contribution in [0, 0.1) is 0 Å². The monoisotopic (exact) mass is 413 g/mol. The molecule has 1 heterocycles. The average Bonchev–Trinajstić information content (AvgIpc) is 2.75. The van der Waals surface area contributed by atoms with Crippen molar-refractivity contribution in [1.82, 2.24) is 9.99 Å². The molecule has 7 heteroatoms. The summed E-state index contributed by atoms with van der Waals surface area (Å²) in [5.41, 5.74) is 3.86. The van der Waals surface area contributed by atoms with Gasteiger partial charge in [-0.2, -0.15) is 5.10 Å². The molecule has 0 radical (unpaired) electrons. The van der Waals surface area contributed by atoms with Crippen molar-refractivity contribution in [2.75, 3.05) is 7.11 Å². The summed E-state index contributed by atoms with van der Waals surface area (Å²) in [4.78, 5) is 12.0. The van der Waals surface area contributed by atoms with E-state index in [2.05, 4.69) is 42.4 Å². The highest BCUT2D eigenvalue weighted by Gasteiger charge is 2.14. The van der Waals surface area contributed by atoms with Crippen molar-refractivity contribution in [2.45, 2.75) is 0 Å². The fourth-order valence-corrected chi connectivity index (χ4v) is 2.46. The molecule has 0 bridgehead atoms. The SMILES string of the molecule is COc1ccc(/C=N/NC(=O)c2cc(Br)c(Br)n2C)cc1. The molecule has 21 heavy (non-hydrogen) atoms. The molecule has 2 rings (SSSR count). The van der Waals surface area contributed by atoms with Crippen molar-refractivity contribution in [1.29, 1.82) is 0 Å². The third-order valence-electron chi connectivity index (χ3n) is 2.84. The Hall–Kier alpha value is -1.60. The maximum Gasteiger partial charge on any atom is 0.288 e. The summed E-state index contributed by atoms with van der Waals surface area (Å²) in [6.45, 7) is 0. The van der Waals surface area contributed by atoms with Gasteiger partial charge in [0.1, 0.15) is 11.4 Å². The number of halogens is 2. The molecule has 5 nitrogen and oxygen atoms in total. The largest absolute Gasteiger partial charge is 0.497 e. The van der Waals surface area contributed by atoms with E-state index >= 15 is 0 Å². The number of aromatic nitrogens is 1. The van der Waals surface area contributed by atoms with Crippen LogP contribution in [0.25, 0.3) is 0 Å². The van der Waals surface area contributed by atoms with Crippen molar-refractivity contribution in [2.24, 2.45) is 12.1 Å². The Balaban J connectivity index is 2.02. The zero-order valence-corrected chi connectivity index (χ0v) is 14.6. The topological polar surface area (TPSA) is 55.6 Å². The van der Waals surface area contributed by atoms with Gasteiger partial charge in [0.15, 0.2) is 0 Å². The highest BCUT2D eigenvalue weighted by molar-refractivity contribution is 9.13. The molecule has 0 saturated carbocycles. The third-order valence-corrected chi connectivity index (χ3v) is 4.94. The number of amides is 1. The summed E-state index contributed by atoms with van der Waals surface area (Å²) in [5.74, 6) is 0.489. The normalized spacial score (nSPS) is 10.9. The quantitative estimate of drug-likeness (QED) is 0.616. The minimum atomic E-state index is -0.284. The van der Waals surface area contributed by atoms with Crippen LogP contribution >= 0.6 is 31.9 Å². The molecule has 0 aliphatic carbocycles. The summed E-state index contributed by atoms with van der Waals surface area (Å²) in [6.07, 6.45) is 1.57. The number of benzene rings is 1. The lowest BCUT2D eigenvalue weighted by atomic mass is 10.2. The highest BCUT2D eigenvalue weighted by Crippen LogP contribution is 2.26. The van der Waals surface area contributed by atoms with Gasteiger partial charge in [-0.1, -0.05) is 0 Å². The Bertz CT molecular complexity index is 678. The molecular formula is C14H13Br2N3O2. The smallest absolute Gasteiger partial charge is 0.288 e. The van der Waals surface area contributed by atoms with E-state index in [1.165, 1.54) is 0 Å². The van der Waals surface area contributed by atoms with Crippen LogP contribution in [0.4, 0.5) is 0 Å². The number of hydrogen-bond donors (Lipinski definition) is 1. The minimum Gasteiger partial charge on any atom is -0.497 e. The molecule has 0 fully saturated rings. The van der Waals surface area contributed by atoms with Gasteiger partial charge in [0, 0.05) is 7.05 Å². The zero-order valence-electron chi connectivity index (χ0n) is 11.4. The first-order chi connectivity index (χ1) is 10.0. The van der Waals surface area contributed by atoms with Gasteiger partial charge in [-0.05, 0) is 67.8 Å². The summed E-state index contributed by atoms with van der Waals surface area (Å²) in [6, 6.07) is 9.08. The second-order valence-corrected chi connectivity index (χ2v) is 5.81. The molecule has 0 unspecified atom stereocenters. The van der Waals surface area contributed by atoms with Crippen LogP contribution in [0.1, 0.15) is 16.1 Å². The fourth-order valence-electron chi connectivity index (χ4n) is 1.67. The number of hydrogen-bond acceptors (Lipinski definition) is 3. The van der Waals surface area contributed by atoms with E-state index < -0.39 is 0 Å². The van der Waals surface area contributed by atoms with E-state index in [0.717, 1.165) is 20.4 Å². The van der Waals surface area contributed by atoms with Gasteiger partial charge in [0.25, 0.3) is 5.91 Å². The Labute approximate surface area is 139 Å². The number of carbonyl (C=O) groups excluding carboxylic acids is 1. The van der Waals surface area contributed by atoms with E-state index in [1.807, 2.05) is 24.3 Å². The van der Waals surface area contributed by atoms with Crippen molar-refractivity contribution in [3.8, 4) is 5.75 Å². The van der Waals surface area contributed by atoms with E-state index in [9.17, 15) is 4.79 Å². The molecule has 1 aromatic carbocycles. The molecule has 2 aromatic rings. The third kappa shape index (κ3) is 3.74. The summed E-state index contributed by atoms with van der Waals surface area (Å²) in [5, 5.41) is 3.94. The van der Waals surface area contributed by atoms with E-state index in [0.29, 0.717) is 5.69 Å². The number of hydrazone groups is 1. The predicted octanol–water partition coefficient (Wildman–Crippen LogP) is 3.32.